The van der Waals surface area contributed by atoms with Crippen molar-refractivity contribution in [1.82, 2.24) is 9.88 Å². The van der Waals surface area contributed by atoms with Gasteiger partial charge in [0.25, 0.3) is 5.91 Å². The molecule has 3 rings (SSSR count). The number of aromatic nitrogens is 1. The molecule has 2 aromatic rings. The fourth-order valence-corrected chi connectivity index (χ4v) is 3.15. The normalized spacial score (nSPS) is 20.3. The van der Waals surface area contributed by atoms with Crippen LogP contribution >= 0.6 is 0 Å². The Balaban J connectivity index is 1.80. The van der Waals surface area contributed by atoms with Crippen LogP contribution in [-0.4, -0.2) is 52.7 Å². The second-order valence-electron chi connectivity index (χ2n) is 5.95. The van der Waals surface area contributed by atoms with E-state index in [9.17, 15) is 9.59 Å². The molecule has 0 saturated carbocycles. The zero-order chi connectivity index (χ0) is 17.1. The van der Waals surface area contributed by atoms with Crippen molar-refractivity contribution in [3.05, 3.63) is 48.2 Å². The standard InChI is InChI=1S/C18H20N2O4/c1-24-14-9-13(10-17(21)22)20(11-14)18(23)16-8-7-15(19-16)12-5-3-2-4-6-12/h2-8,13-14,19H,9-11H2,1H3,(H,21,22). The minimum Gasteiger partial charge on any atom is -0.481 e. The lowest BCUT2D eigenvalue weighted by molar-refractivity contribution is -0.138. The van der Waals surface area contributed by atoms with Crippen molar-refractivity contribution in [2.24, 2.45) is 0 Å². The number of nitrogens with one attached hydrogen (secondary N) is 1. The van der Waals surface area contributed by atoms with Gasteiger partial charge in [-0.2, -0.15) is 0 Å². The monoisotopic (exact) mass is 328 g/mol. The largest absolute Gasteiger partial charge is 0.481 e. The SMILES string of the molecule is COC1CC(CC(=O)O)N(C(=O)c2ccc(-c3ccccc3)[nH]2)C1. The third kappa shape index (κ3) is 3.33. The summed E-state index contributed by atoms with van der Waals surface area (Å²) < 4.78 is 5.32. The van der Waals surface area contributed by atoms with E-state index in [2.05, 4.69) is 4.98 Å². The maximum absolute atomic E-state index is 12.8. The van der Waals surface area contributed by atoms with Gasteiger partial charge in [-0.3, -0.25) is 9.59 Å². The molecule has 2 atom stereocenters. The molecule has 2 unspecified atom stereocenters. The van der Waals surface area contributed by atoms with Gasteiger partial charge in [-0.1, -0.05) is 30.3 Å². The van der Waals surface area contributed by atoms with Gasteiger partial charge in [0, 0.05) is 25.4 Å². The fraction of sp³-hybridized carbons (Fsp3) is 0.333. The van der Waals surface area contributed by atoms with E-state index >= 15 is 0 Å². The molecule has 0 radical (unpaired) electrons. The van der Waals surface area contributed by atoms with Gasteiger partial charge in [0.05, 0.1) is 12.5 Å². The average molecular weight is 328 g/mol. The van der Waals surface area contributed by atoms with E-state index in [-0.39, 0.29) is 24.5 Å². The Morgan fingerprint density at radius 2 is 2.00 bits per heavy atom. The number of rotatable bonds is 5. The van der Waals surface area contributed by atoms with Crippen molar-refractivity contribution < 1.29 is 19.4 Å². The molecule has 1 aliphatic rings. The van der Waals surface area contributed by atoms with Gasteiger partial charge in [0.2, 0.25) is 0 Å². The summed E-state index contributed by atoms with van der Waals surface area (Å²) >= 11 is 0. The lowest BCUT2D eigenvalue weighted by Crippen LogP contribution is -2.37. The van der Waals surface area contributed by atoms with Gasteiger partial charge >= 0.3 is 5.97 Å². The molecule has 126 valence electrons. The molecule has 2 N–H and O–H groups in total. The molecule has 24 heavy (non-hydrogen) atoms. The smallest absolute Gasteiger partial charge is 0.305 e. The number of ether oxygens (including phenoxy) is 1. The zero-order valence-corrected chi connectivity index (χ0v) is 13.4. The van der Waals surface area contributed by atoms with Crippen LogP contribution in [0.1, 0.15) is 23.3 Å². The van der Waals surface area contributed by atoms with Crippen LogP contribution in [-0.2, 0) is 9.53 Å². The first kappa shape index (κ1) is 16.3. The van der Waals surface area contributed by atoms with Crippen molar-refractivity contribution in [2.45, 2.75) is 25.0 Å². The molecular weight excluding hydrogens is 308 g/mol. The van der Waals surface area contributed by atoms with Crippen molar-refractivity contribution in [2.75, 3.05) is 13.7 Å². The number of hydrogen-bond acceptors (Lipinski definition) is 3. The van der Waals surface area contributed by atoms with Crippen molar-refractivity contribution in [3.8, 4) is 11.3 Å². The lowest BCUT2D eigenvalue weighted by atomic mass is 10.1. The summed E-state index contributed by atoms with van der Waals surface area (Å²) in [6, 6.07) is 13.0. The van der Waals surface area contributed by atoms with Gasteiger partial charge < -0.3 is 19.7 Å². The Hall–Kier alpha value is -2.60. The molecule has 0 bridgehead atoms. The van der Waals surface area contributed by atoms with Crippen LogP contribution in [0, 0.1) is 0 Å². The Morgan fingerprint density at radius 1 is 1.25 bits per heavy atom. The number of likely N-dealkylation sites (tertiary alicyclic amines) is 1. The van der Waals surface area contributed by atoms with Crippen molar-refractivity contribution in [3.63, 3.8) is 0 Å². The highest BCUT2D eigenvalue weighted by Crippen LogP contribution is 2.26. The molecule has 1 aromatic carbocycles. The predicted molar refractivity (Wildman–Crippen MR) is 88.7 cm³/mol. The Labute approximate surface area is 140 Å². The second-order valence-corrected chi connectivity index (χ2v) is 5.95. The van der Waals surface area contributed by atoms with E-state index < -0.39 is 5.97 Å². The first-order chi connectivity index (χ1) is 11.6. The molecule has 0 spiro atoms. The number of methoxy groups -OCH3 is 1. The van der Waals surface area contributed by atoms with Crippen LogP contribution in [0.25, 0.3) is 11.3 Å². The first-order valence-electron chi connectivity index (χ1n) is 7.88. The van der Waals surface area contributed by atoms with Crippen molar-refractivity contribution in [1.29, 1.82) is 0 Å². The Bertz CT molecular complexity index is 726. The number of amides is 1. The molecule has 1 aromatic heterocycles. The average Bonchev–Trinajstić information content (AvgIpc) is 3.21. The number of carbonyl (C=O) groups is 2. The van der Waals surface area contributed by atoms with Crippen LogP contribution in [0.2, 0.25) is 0 Å². The summed E-state index contributed by atoms with van der Waals surface area (Å²) in [7, 11) is 1.58. The van der Waals surface area contributed by atoms with Gasteiger partial charge in [0.15, 0.2) is 0 Å². The van der Waals surface area contributed by atoms with Crippen LogP contribution in [0.5, 0.6) is 0 Å². The van der Waals surface area contributed by atoms with Gasteiger partial charge in [-0.15, -0.1) is 0 Å². The number of H-pyrrole nitrogens is 1. The summed E-state index contributed by atoms with van der Waals surface area (Å²) in [6.45, 7) is 0.410. The summed E-state index contributed by atoms with van der Waals surface area (Å²) in [5.41, 5.74) is 2.31. The maximum atomic E-state index is 12.8. The van der Waals surface area contributed by atoms with E-state index in [4.69, 9.17) is 9.84 Å². The fourth-order valence-electron chi connectivity index (χ4n) is 3.15. The van der Waals surface area contributed by atoms with E-state index in [1.165, 1.54) is 0 Å². The number of carbonyl (C=O) groups excluding carboxylic acids is 1. The predicted octanol–water partition coefficient (Wildman–Crippen LogP) is 2.39. The van der Waals surface area contributed by atoms with Crippen LogP contribution in [0.3, 0.4) is 0 Å². The number of nitrogens with zero attached hydrogens (tertiary/aromatic N) is 1. The number of carboxylic acids is 1. The molecular formula is C18H20N2O4. The molecule has 1 saturated heterocycles. The Kier molecular flexibility index (Phi) is 4.66. The van der Waals surface area contributed by atoms with E-state index in [1.807, 2.05) is 36.4 Å². The molecule has 0 aliphatic carbocycles. The summed E-state index contributed by atoms with van der Waals surface area (Å²) in [4.78, 5) is 28.6. The minimum atomic E-state index is -0.911. The number of aromatic amines is 1. The van der Waals surface area contributed by atoms with Gasteiger partial charge in [0.1, 0.15) is 5.69 Å². The van der Waals surface area contributed by atoms with Crippen LogP contribution in [0.15, 0.2) is 42.5 Å². The van der Waals surface area contributed by atoms with Gasteiger partial charge in [-0.25, -0.2) is 0 Å². The van der Waals surface area contributed by atoms with E-state index in [1.54, 1.807) is 18.1 Å². The third-order valence-electron chi connectivity index (χ3n) is 4.38. The van der Waals surface area contributed by atoms with Gasteiger partial charge in [-0.05, 0) is 24.1 Å². The zero-order valence-electron chi connectivity index (χ0n) is 13.4. The molecule has 2 heterocycles. The molecule has 1 aliphatic heterocycles. The number of carboxylic acid groups (broad SMARTS) is 1. The van der Waals surface area contributed by atoms with E-state index in [0.29, 0.717) is 18.7 Å². The summed E-state index contributed by atoms with van der Waals surface area (Å²) in [6.07, 6.45) is 0.348. The second kappa shape index (κ2) is 6.88. The van der Waals surface area contributed by atoms with Crippen LogP contribution in [0.4, 0.5) is 0 Å². The first-order valence-corrected chi connectivity index (χ1v) is 7.88. The van der Waals surface area contributed by atoms with Crippen LogP contribution < -0.4 is 0 Å². The highest BCUT2D eigenvalue weighted by molar-refractivity contribution is 5.94. The highest BCUT2D eigenvalue weighted by atomic mass is 16.5. The minimum absolute atomic E-state index is 0.0716. The Morgan fingerprint density at radius 3 is 2.67 bits per heavy atom. The van der Waals surface area contributed by atoms with E-state index in [0.717, 1.165) is 11.3 Å². The third-order valence-corrected chi connectivity index (χ3v) is 4.38. The number of benzene rings is 1. The molecule has 6 nitrogen and oxygen atoms in total. The molecule has 1 fully saturated rings. The highest BCUT2D eigenvalue weighted by Gasteiger charge is 2.37. The topological polar surface area (TPSA) is 82.6 Å². The number of aliphatic carboxylic acids is 1. The number of hydrogen-bond donors (Lipinski definition) is 2. The van der Waals surface area contributed by atoms with Crippen molar-refractivity contribution >= 4 is 11.9 Å². The summed E-state index contributed by atoms with van der Waals surface area (Å²) in [5.74, 6) is -1.10. The maximum Gasteiger partial charge on any atom is 0.305 e. The molecule has 1 amide bonds. The summed E-state index contributed by atoms with van der Waals surface area (Å²) in [5, 5.41) is 9.07. The lowest BCUT2D eigenvalue weighted by Gasteiger charge is -2.22. The molecule has 6 heteroatoms. The quantitative estimate of drug-likeness (QED) is 0.883.